The van der Waals surface area contributed by atoms with Crippen LogP contribution < -0.4 is 0 Å². The quantitative estimate of drug-likeness (QED) is 0.524. The highest BCUT2D eigenvalue weighted by atomic mass is 16.5. The lowest BCUT2D eigenvalue weighted by molar-refractivity contribution is 0.0815. The molecule has 1 heterocycles. The normalized spacial score (nSPS) is 21.1. The Balaban J connectivity index is 2.45. The van der Waals surface area contributed by atoms with Crippen LogP contribution in [0, 0.1) is 12.3 Å². The largest absolute Gasteiger partial charge is 0.360 e. The van der Waals surface area contributed by atoms with Crippen LogP contribution in [0.15, 0.2) is 24.3 Å². The van der Waals surface area contributed by atoms with Crippen molar-refractivity contribution in [3.05, 3.63) is 35.4 Å². The molecule has 1 aromatic carbocycles. The van der Waals surface area contributed by atoms with Crippen molar-refractivity contribution in [2.24, 2.45) is 0 Å². The maximum atomic E-state index is 5.42. The second kappa shape index (κ2) is 3.00. The predicted molar refractivity (Wildman–Crippen MR) is 47.7 cm³/mol. The van der Waals surface area contributed by atoms with Gasteiger partial charge in [-0.25, -0.2) is 0 Å². The third kappa shape index (κ3) is 1.11. The van der Waals surface area contributed by atoms with E-state index < -0.39 is 0 Å². The van der Waals surface area contributed by atoms with Crippen molar-refractivity contribution in [1.82, 2.24) is 0 Å². The number of ether oxygens (including phenoxy) is 1. The molecule has 1 aliphatic rings. The lowest BCUT2D eigenvalue weighted by Gasteiger charge is -2.21. The highest BCUT2D eigenvalue weighted by Gasteiger charge is 2.17. The van der Waals surface area contributed by atoms with Crippen molar-refractivity contribution in [2.75, 3.05) is 6.61 Å². The minimum atomic E-state index is -0.130. The second-order valence-corrected chi connectivity index (χ2v) is 2.87. The van der Waals surface area contributed by atoms with Crippen LogP contribution in [0.1, 0.15) is 17.2 Å². The zero-order valence-electron chi connectivity index (χ0n) is 6.79. The number of hydrogen-bond acceptors (Lipinski definition) is 1. The summed E-state index contributed by atoms with van der Waals surface area (Å²) in [4.78, 5) is 0. The zero-order chi connectivity index (χ0) is 8.39. The first-order valence-corrected chi connectivity index (χ1v) is 4.07. The van der Waals surface area contributed by atoms with Gasteiger partial charge in [-0.15, -0.1) is 6.42 Å². The average molecular weight is 158 g/mol. The van der Waals surface area contributed by atoms with Gasteiger partial charge in [-0.05, 0) is 17.5 Å². The summed E-state index contributed by atoms with van der Waals surface area (Å²) in [5.41, 5.74) is 2.48. The van der Waals surface area contributed by atoms with Crippen LogP contribution in [0.3, 0.4) is 0 Å². The van der Waals surface area contributed by atoms with Crippen LogP contribution in [-0.2, 0) is 11.2 Å². The van der Waals surface area contributed by atoms with Crippen molar-refractivity contribution in [2.45, 2.75) is 12.5 Å². The van der Waals surface area contributed by atoms with E-state index in [9.17, 15) is 0 Å². The van der Waals surface area contributed by atoms with Crippen molar-refractivity contribution < 1.29 is 4.74 Å². The van der Waals surface area contributed by atoms with Gasteiger partial charge in [0.05, 0.1) is 6.61 Å². The standard InChI is InChI=1S/C11H10O/c1-2-11-10-6-4-3-5-9(10)7-8-12-11/h1,3-6,11H,7-8H2/t11-/m1/s1. The number of benzene rings is 1. The molecule has 60 valence electrons. The summed E-state index contributed by atoms with van der Waals surface area (Å²) >= 11 is 0. The Morgan fingerprint density at radius 3 is 3.08 bits per heavy atom. The molecule has 1 aliphatic heterocycles. The molecule has 0 amide bonds. The maximum absolute atomic E-state index is 5.42. The van der Waals surface area contributed by atoms with Crippen molar-refractivity contribution in [3.63, 3.8) is 0 Å². The Hall–Kier alpha value is -1.26. The molecule has 0 bridgehead atoms. The number of rotatable bonds is 0. The molecule has 12 heavy (non-hydrogen) atoms. The van der Waals surface area contributed by atoms with Crippen molar-refractivity contribution in [1.29, 1.82) is 0 Å². The molecule has 2 rings (SSSR count). The van der Waals surface area contributed by atoms with Gasteiger partial charge in [0.25, 0.3) is 0 Å². The molecule has 0 radical (unpaired) electrons. The van der Waals surface area contributed by atoms with Crippen LogP contribution in [0.5, 0.6) is 0 Å². The molecule has 1 heteroatoms. The summed E-state index contributed by atoms with van der Waals surface area (Å²) in [5, 5.41) is 0. The summed E-state index contributed by atoms with van der Waals surface area (Å²) in [6.45, 7) is 0.742. The molecule has 1 aromatic rings. The van der Waals surface area contributed by atoms with E-state index in [4.69, 9.17) is 11.2 Å². The van der Waals surface area contributed by atoms with Gasteiger partial charge in [-0.1, -0.05) is 30.2 Å². The van der Waals surface area contributed by atoms with Crippen molar-refractivity contribution >= 4 is 0 Å². The van der Waals surface area contributed by atoms with E-state index in [1.165, 1.54) is 5.56 Å². The van der Waals surface area contributed by atoms with E-state index in [1.54, 1.807) is 0 Å². The minimum Gasteiger partial charge on any atom is -0.360 e. The van der Waals surface area contributed by atoms with E-state index in [0.29, 0.717) is 0 Å². The fourth-order valence-electron chi connectivity index (χ4n) is 1.53. The SMILES string of the molecule is C#C[C@H]1OCCc2ccccc21. The Kier molecular flexibility index (Phi) is 1.85. The van der Waals surface area contributed by atoms with E-state index >= 15 is 0 Å². The molecule has 0 aromatic heterocycles. The third-order valence-corrected chi connectivity index (χ3v) is 2.14. The molecule has 0 aliphatic carbocycles. The van der Waals surface area contributed by atoms with E-state index in [0.717, 1.165) is 18.6 Å². The predicted octanol–water partition coefficient (Wildman–Crippen LogP) is 1.93. The van der Waals surface area contributed by atoms with Crippen LogP contribution in [-0.4, -0.2) is 6.61 Å². The monoisotopic (exact) mass is 158 g/mol. The second-order valence-electron chi connectivity index (χ2n) is 2.87. The van der Waals surface area contributed by atoms with Gasteiger partial charge in [-0.3, -0.25) is 0 Å². The first-order chi connectivity index (χ1) is 5.92. The Morgan fingerprint density at radius 2 is 2.25 bits per heavy atom. The van der Waals surface area contributed by atoms with Gasteiger partial charge in [0.1, 0.15) is 6.10 Å². The Labute approximate surface area is 72.4 Å². The maximum Gasteiger partial charge on any atom is 0.143 e. The molecule has 0 fully saturated rings. The van der Waals surface area contributed by atoms with Gasteiger partial charge in [0.15, 0.2) is 0 Å². The Morgan fingerprint density at radius 1 is 1.42 bits per heavy atom. The van der Waals surface area contributed by atoms with Crippen LogP contribution in [0.25, 0.3) is 0 Å². The lowest BCUT2D eigenvalue weighted by atomic mass is 9.98. The highest BCUT2D eigenvalue weighted by Crippen LogP contribution is 2.25. The minimum absolute atomic E-state index is 0.130. The van der Waals surface area contributed by atoms with Crippen molar-refractivity contribution in [3.8, 4) is 12.3 Å². The van der Waals surface area contributed by atoms with Gasteiger partial charge in [0, 0.05) is 0 Å². The molecule has 0 saturated heterocycles. The van der Waals surface area contributed by atoms with Gasteiger partial charge < -0.3 is 4.74 Å². The summed E-state index contributed by atoms with van der Waals surface area (Å²) in [6, 6.07) is 8.19. The molecule has 1 atom stereocenters. The fraction of sp³-hybridized carbons (Fsp3) is 0.273. The molecular weight excluding hydrogens is 148 g/mol. The van der Waals surface area contributed by atoms with Crippen LogP contribution >= 0.6 is 0 Å². The van der Waals surface area contributed by atoms with Gasteiger partial charge in [0.2, 0.25) is 0 Å². The van der Waals surface area contributed by atoms with Crippen LogP contribution in [0.2, 0.25) is 0 Å². The number of hydrogen-bond donors (Lipinski definition) is 0. The first kappa shape index (κ1) is 7.39. The summed E-state index contributed by atoms with van der Waals surface area (Å²) in [7, 11) is 0. The van der Waals surface area contributed by atoms with Gasteiger partial charge >= 0.3 is 0 Å². The highest BCUT2D eigenvalue weighted by molar-refractivity contribution is 5.34. The molecule has 1 nitrogen and oxygen atoms in total. The molecule has 0 N–H and O–H groups in total. The molecular formula is C11H10O. The van der Waals surface area contributed by atoms with Crippen LogP contribution in [0.4, 0.5) is 0 Å². The molecule has 0 spiro atoms. The topological polar surface area (TPSA) is 9.23 Å². The van der Waals surface area contributed by atoms with E-state index in [2.05, 4.69) is 12.0 Å². The average Bonchev–Trinajstić information content (AvgIpc) is 2.17. The Bertz CT molecular complexity index is 322. The number of terminal acetylenes is 1. The third-order valence-electron chi connectivity index (χ3n) is 2.14. The van der Waals surface area contributed by atoms with E-state index in [-0.39, 0.29) is 6.10 Å². The molecule has 0 saturated carbocycles. The number of fused-ring (bicyclic) bond motifs is 1. The summed E-state index contributed by atoms with van der Waals surface area (Å²) in [6.07, 6.45) is 6.19. The summed E-state index contributed by atoms with van der Waals surface area (Å²) in [5.74, 6) is 2.64. The first-order valence-electron chi connectivity index (χ1n) is 4.07. The zero-order valence-corrected chi connectivity index (χ0v) is 6.79. The lowest BCUT2D eigenvalue weighted by Crippen LogP contribution is -2.14. The fourth-order valence-corrected chi connectivity index (χ4v) is 1.53. The molecule has 0 unspecified atom stereocenters. The van der Waals surface area contributed by atoms with Gasteiger partial charge in [-0.2, -0.15) is 0 Å². The van der Waals surface area contributed by atoms with E-state index in [1.807, 2.05) is 18.2 Å². The smallest absolute Gasteiger partial charge is 0.143 e. The summed E-state index contributed by atoms with van der Waals surface area (Å²) < 4.78 is 5.42.